The standard InChI is InChI=1S/C13H16N2O3/c1-17-11-4-2-3-9-7-10(18-13(9)11)8-15-6-5-12(14)16/h2-4,7,15H,5-6,8H2,1H3,(H2,14,16). The van der Waals surface area contributed by atoms with Crippen LogP contribution in [0.3, 0.4) is 0 Å². The van der Waals surface area contributed by atoms with Crippen LogP contribution in [0.4, 0.5) is 0 Å². The van der Waals surface area contributed by atoms with Gasteiger partial charge < -0.3 is 20.2 Å². The number of hydrogen-bond acceptors (Lipinski definition) is 4. The highest BCUT2D eigenvalue weighted by atomic mass is 16.5. The average Bonchev–Trinajstić information content (AvgIpc) is 2.76. The lowest BCUT2D eigenvalue weighted by Gasteiger charge is -2.00. The number of fused-ring (bicyclic) bond motifs is 1. The lowest BCUT2D eigenvalue weighted by molar-refractivity contribution is -0.117. The number of carbonyl (C=O) groups is 1. The molecule has 1 heterocycles. The molecular formula is C13H16N2O3. The number of nitrogens with one attached hydrogen (secondary N) is 1. The minimum Gasteiger partial charge on any atom is -0.493 e. The molecule has 0 unspecified atom stereocenters. The predicted octanol–water partition coefficient (Wildman–Crippen LogP) is 1.41. The zero-order chi connectivity index (χ0) is 13.0. The predicted molar refractivity (Wildman–Crippen MR) is 68.3 cm³/mol. The Balaban J connectivity index is 2.04. The maximum absolute atomic E-state index is 10.6. The van der Waals surface area contributed by atoms with E-state index >= 15 is 0 Å². The van der Waals surface area contributed by atoms with E-state index in [9.17, 15) is 4.79 Å². The van der Waals surface area contributed by atoms with Gasteiger partial charge in [0.2, 0.25) is 5.91 Å². The first-order chi connectivity index (χ1) is 8.70. The van der Waals surface area contributed by atoms with Crippen LogP contribution in [0.1, 0.15) is 12.2 Å². The van der Waals surface area contributed by atoms with Crippen molar-refractivity contribution in [1.29, 1.82) is 0 Å². The maximum Gasteiger partial charge on any atom is 0.218 e. The molecule has 0 radical (unpaired) electrons. The summed E-state index contributed by atoms with van der Waals surface area (Å²) in [6, 6.07) is 7.69. The summed E-state index contributed by atoms with van der Waals surface area (Å²) in [6.45, 7) is 1.11. The third kappa shape index (κ3) is 2.81. The molecule has 5 nitrogen and oxygen atoms in total. The topological polar surface area (TPSA) is 77.5 Å². The molecule has 0 saturated carbocycles. The van der Waals surface area contributed by atoms with Crippen LogP contribution in [0.25, 0.3) is 11.0 Å². The van der Waals surface area contributed by atoms with Gasteiger partial charge in [-0.15, -0.1) is 0 Å². The third-order valence-corrected chi connectivity index (χ3v) is 2.63. The molecule has 18 heavy (non-hydrogen) atoms. The van der Waals surface area contributed by atoms with Crippen molar-refractivity contribution in [3.05, 3.63) is 30.0 Å². The summed E-state index contributed by atoms with van der Waals surface area (Å²) in [4.78, 5) is 10.6. The van der Waals surface area contributed by atoms with Crippen molar-refractivity contribution >= 4 is 16.9 Å². The fourth-order valence-corrected chi connectivity index (χ4v) is 1.76. The Bertz CT molecular complexity index is 548. The summed E-state index contributed by atoms with van der Waals surface area (Å²) < 4.78 is 10.9. The van der Waals surface area contributed by atoms with Gasteiger partial charge in [0.1, 0.15) is 5.76 Å². The number of carbonyl (C=O) groups excluding carboxylic acids is 1. The summed E-state index contributed by atoms with van der Waals surface area (Å²) in [5, 5.41) is 4.10. The molecule has 0 fully saturated rings. The number of amides is 1. The van der Waals surface area contributed by atoms with Gasteiger partial charge in [0.05, 0.1) is 13.7 Å². The fourth-order valence-electron chi connectivity index (χ4n) is 1.76. The Morgan fingerprint density at radius 3 is 3.06 bits per heavy atom. The van der Waals surface area contributed by atoms with E-state index in [2.05, 4.69) is 5.32 Å². The fraction of sp³-hybridized carbons (Fsp3) is 0.308. The molecule has 0 aliphatic heterocycles. The van der Waals surface area contributed by atoms with Gasteiger partial charge in [-0.05, 0) is 12.1 Å². The lowest BCUT2D eigenvalue weighted by Crippen LogP contribution is -2.21. The third-order valence-electron chi connectivity index (χ3n) is 2.63. The van der Waals surface area contributed by atoms with Crippen LogP contribution in [0.2, 0.25) is 0 Å². The molecule has 1 aromatic heterocycles. The Morgan fingerprint density at radius 1 is 1.50 bits per heavy atom. The lowest BCUT2D eigenvalue weighted by atomic mass is 10.2. The molecule has 0 spiro atoms. The van der Waals surface area contributed by atoms with Crippen molar-refractivity contribution in [2.24, 2.45) is 5.73 Å². The van der Waals surface area contributed by atoms with E-state index in [1.54, 1.807) is 7.11 Å². The van der Waals surface area contributed by atoms with E-state index in [0.29, 0.717) is 19.5 Å². The van der Waals surface area contributed by atoms with Gasteiger partial charge in [-0.2, -0.15) is 0 Å². The number of furan rings is 1. The van der Waals surface area contributed by atoms with Crippen molar-refractivity contribution in [3.8, 4) is 5.75 Å². The molecule has 0 saturated heterocycles. The first kappa shape index (κ1) is 12.4. The molecule has 2 aromatic rings. The van der Waals surface area contributed by atoms with Crippen LogP contribution in [0, 0.1) is 0 Å². The van der Waals surface area contributed by atoms with Crippen molar-refractivity contribution in [3.63, 3.8) is 0 Å². The molecule has 0 aliphatic carbocycles. The van der Waals surface area contributed by atoms with Crippen molar-refractivity contribution in [2.45, 2.75) is 13.0 Å². The highest BCUT2D eigenvalue weighted by Crippen LogP contribution is 2.28. The summed E-state index contributed by atoms with van der Waals surface area (Å²) in [6.07, 6.45) is 0.323. The average molecular weight is 248 g/mol. The normalized spacial score (nSPS) is 10.7. The van der Waals surface area contributed by atoms with Gasteiger partial charge >= 0.3 is 0 Å². The molecule has 0 aliphatic rings. The van der Waals surface area contributed by atoms with Crippen LogP contribution in [-0.4, -0.2) is 19.6 Å². The second-order valence-electron chi connectivity index (χ2n) is 3.98. The summed E-state index contributed by atoms with van der Waals surface area (Å²) >= 11 is 0. The molecular weight excluding hydrogens is 232 g/mol. The number of rotatable bonds is 6. The van der Waals surface area contributed by atoms with Gasteiger partial charge in [0.25, 0.3) is 0 Å². The molecule has 5 heteroatoms. The van der Waals surface area contributed by atoms with E-state index in [-0.39, 0.29) is 5.91 Å². The Hall–Kier alpha value is -2.01. The number of para-hydroxylation sites is 1. The van der Waals surface area contributed by atoms with Crippen LogP contribution in [0.5, 0.6) is 5.75 Å². The maximum atomic E-state index is 10.6. The van der Waals surface area contributed by atoms with E-state index < -0.39 is 0 Å². The van der Waals surface area contributed by atoms with Gasteiger partial charge in [0, 0.05) is 18.4 Å². The second kappa shape index (κ2) is 5.55. The van der Waals surface area contributed by atoms with Crippen molar-refractivity contribution < 1.29 is 13.9 Å². The monoisotopic (exact) mass is 248 g/mol. The van der Waals surface area contributed by atoms with Crippen molar-refractivity contribution in [2.75, 3.05) is 13.7 Å². The highest BCUT2D eigenvalue weighted by Gasteiger charge is 2.08. The van der Waals surface area contributed by atoms with E-state index in [4.69, 9.17) is 14.9 Å². The van der Waals surface area contributed by atoms with Crippen LogP contribution < -0.4 is 15.8 Å². The Labute approximate surface area is 105 Å². The van der Waals surface area contributed by atoms with Gasteiger partial charge in [-0.25, -0.2) is 0 Å². The first-order valence-electron chi connectivity index (χ1n) is 5.75. The first-order valence-corrected chi connectivity index (χ1v) is 5.75. The van der Waals surface area contributed by atoms with E-state index in [1.165, 1.54) is 0 Å². The number of methoxy groups -OCH3 is 1. The Kier molecular flexibility index (Phi) is 3.84. The largest absolute Gasteiger partial charge is 0.493 e. The second-order valence-corrected chi connectivity index (χ2v) is 3.98. The summed E-state index contributed by atoms with van der Waals surface area (Å²) in [5.41, 5.74) is 5.79. The quantitative estimate of drug-likeness (QED) is 0.758. The van der Waals surface area contributed by atoms with Gasteiger partial charge in [-0.3, -0.25) is 4.79 Å². The molecule has 96 valence electrons. The van der Waals surface area contributed by atoms with Gasteiger partial charge in [-0.1, -0.05) is 12.1 Å². The number of ether oxygens (including phenoxy) is 1. The molecule has 1 aromatic carbocycles. The smallest absolute Gasteiger partial charge is 0.218 e. The number of primary amides is 1. The minimum absolute atomic E-state index is 0.311. The zero-order valence-corrected chi connectivity index (χ0v) is 10.2. The SMILES string of the molecule is COc1cccc2cc(CNCCC(N)=O)oc12. The van der Waals surface area contributed by atoms with E-state index in [0.717, 1.165) is 22.5 Å². The Morgan fingerprint density at radius 2 is 2.33 bits per heavy atom. The number of nitrogens with two attached hydrogens (primary N) is 1. The highest BCUT2D eigenvalue weighted by molar-refractivity contribution is 5.83. The van der Waals surface area contributed by atoms with Crippen LogP contribution >= 0.6 is 0 Å². The molecule has 2 rings (SSSR count). The summed E-state index contributed by atoms with van der Waals surface area (Å²) in [7, 11) is 1.61. The molecule has 3 N–H and O–H groups in total. The van der Waals surface area contributed by atoms with E-state index in [1.807, 2.05) is 24.3 Å². The van der Waals surface area contributed by atoms with Crippen molar-refractivity contribution in [1.82, 2.24) is 5.32 Å². The molecule has 0 bridgehead atoms. The molecule has 1 amide bonds. The van der Waals surface area contributed by atoms with Crippen LogP contribution in [-0.2, 0) is 11.3 Å². The number of benzene rings is 1. The van der Waals surface area contributed by atoms with Crippen LogP contribution in [0.15, 0.2) is 28.7 Å². The summed E-state index contributed by atoms with van der Waals surface area (Å²) in [5.74, 6) is 1.21. The van der Waals surface area contributed by atoms with Gasteiger partial charge in [0.15, 0.2) is 11.3 Å². The minimum atomic E-state index is -0.311. The number of hydrogen-bond donors (Lipinski definition) is 2. The zero-order valence-electron chi connectivity index (χ0n) is 10.2. The molecule has 0 atom stereocenters.